The molecule has 1 aromatic heterocycles. The van der Waals surface area contributed by atoms with Crippen molar-refractivity contribution in [2.45, 2.75) is 6.61 Å². The number of ether oxygens (including phenoxy) is 1. The molecule has 6 heteroatoms. The molecule has 1 heterocycles. The Morgan fingerprint density at radius 2 is 2.17 bits per heavy atom. The first kappa shape index (κ1) is 13.0. The molecule has 4 nitrogen and oxygen atoms in total. The fourth-order valence-corrected chi connectivity index (χ4v) is 2.43. The highest BCUT2D eigenvalue weighted by Gasteiger charge is 2.15. The number of halogens is 1. The summed E-state index contributed by atoms with van der Waals surface area (Å²) in [6.45, 7) is 0.260. The van der Waals surface area contributed by atoms with Crippen LogP contribution in [0.1, 0.15) is 5.56 Å². The van der Waals surface area contributed by atoms with E-state index in [1.165, 1.54) is 16.2 Å². The van der Waals surface area contributed by atoms with Crippen molar-refractivity contribution in [3.8, 4) is 0 Å². The van der Waals surface area contributed by atoms with Gasteiger partial charge in [0.25, 0.3) is 0 Å². The molecule has 2 rings (SSSR count). The maximum absolute atomic E-state index is 11.8. The monoisotopic (exact) mass is 326 g/mol. The SMILES string of the molecule is CN(C(=O)OCc1ccccc1)c1ncc(Br)s1. The molecule has 0 saturated heterocycles. The lowest BCUT2D eigenvalue weighted by molar-refractivity contribution is 0.148. The minimum Gasteiger partial charge on any atom is -0.444 e. The molecule has 2 aromatic rings. The minimum atomic E-state index is -0.416. The standard InChI is InChI=1S/C12H11BrN2O2S/c1-15(11-14-7-10(13)18-11)12(16)17-8-9-5-3-2-4-6-9/h2-7H,8H2,1H3. The van der Waals surface area contributed by atoms with Gasteiger partial charge in [-0.2, -0.15) is 0 Å². The van der Waals surface area contributed by atoms with Crippen molar-refractivity contribution in [1.82, 2.24) is 4.98 Å². The Hall–Kier alpha value is -1.40. The van der Waals surface area contributed by atoms with Crippen LogP contribution in [-0.4, -0.2) is 18.1 Å². The molecule has 0 N–H and O–H groups in total. The zero-order chi connectivity index (χ0) is 13.0. The Labute approximate surface area is 117 Å². The Morgan fingerprint density at radius 1 is 1.44 bits per heavy atom. The van der Waals surface area contributed by atoms with Crippen molar-refractivity contribution in [3.05, 3.63) is 45.9 Å². The highest BCUT2D eigenvalue weighted by molar-refractivity contribution is 9.11. The number of anilines is 1. The number of benzene rings is 1. The minimum absolute atomic E-state index is 0.260. The quantitative estimate of drug-likeness (QED) is 0.864. The Balaban J connectivity index is 1.92. The van der Waals surface area contributed by atoms with Crippen molar-refractivity contribution in [1.29, 1.82) is 0 Å². The van der Waals surface area contributed by atoms with Gasteiger partial charge in [-0.1, -0.05) is 41.7 Å². The molecule has 18 heavy (non-hydrogen) atoms. The van der Waals surface area contributed by atoms with Crippen LogP contribution in [-0.2, 0) is 11.3 Å². The topological polar surface area (TPSA) is 42.4 Å². The second-order valence-electron chi connectivity index (χ2n) is 3.55. The zero-order valence-electron chi connectivity index (χ0n) is 9.67. The van der Waals surface area contributed by atoms with Gasteiger partial charge in [-0.05, 0) is 21.5 Å². The third-order valence-corrected chi connectivity index (χ3v) is 3.78. The summed E-state index contributed by atoms with van der Waals surface area (Å²) in [5.74, 6) is 0. The number of hydrogen-bond acceptors (Lipinski definition) is 4. The number of rotatable bonds is 3. The first-order valence-electron chi connectivity index (χ1n) is 5.22. The average molecular weight is 327 g/mol. The first-order chi connectivity index (χ1) is 8.66. The predicted molar refractivity (Wildman–Crippen MR) is 74.8 cm³/mol. The number of hydrogen-bond donors (Lipinski definition) is 0. The fraction of sp³-hybridized carbons (Fsp3) is 0.167. The van der Waals surface area contributed by atoms with Gasteiger partial charge in [-0.15, -0.1) is 0 Å². The van der Waals surface area contributed by atoms with Gasteiger partial charge in [-0.3, -0.25) is 4.90 Å². The highest BCUT2D eigenvalue weighted by atomic mass is 79.9. The smallest absolute Gasteiger partial charge is 0.416 e. The molecule has 0 aliphatic carbocycles. The van der Waals surface area contributed by atoms with Crippen LogP contribution in [0.2, 0.25) is 0 Å². The summed E-state index contributed by atoms with van der Waals surface area (Å²) < 4.78 is 6.07. The fourth-order valence-electron chi connectivity index (χ4n) is 1.30. The zero-order valence-corrected chi connectivity index (χ0v) is 12.1. The largest absolute Gasteiger partial charge is 0.444 e. The molecule has 0 bridgehead atoms. The molecule has 0 spiro atoms. The van der Waals surface area contributed by atoms with Gasteiger partial charge in [0.2, 0.25) is 0 Å². The van der Waals surface area contributed by atoms with Crippen molar-refractivity contribution in [3.63, 3.8) is 0 Å². The second-order valence-corrected chi connectivity index (χ2v) is 5.93. The van der Waals surface area contributed by atoms with Gasteiger partial charge < -0.3 is 4.74 Å². The summed E-state index contributed by atoms with van der Waals surface area (Å²) >= 11 is 4.68. The van der Waals surface area contributed by atoms with Crippen LogP contribution in [0.4, 0.5) is 9.93 Å². The van der Waals surface area contributed by atoms with Crippen LogP contribution in [0.25, 0.3) is 0 Å². The Kier molecular flexibility index (Phi) is 4.33. The number of aromatic nitrogens is 1. The van der Waals surface area contributed by atoms with Gasteiger partial charge in [0.05, 0.1) is 9.98 Å². The molecule has 0 aliphatic rings. The number of nitrogens with zero attached hydrogens (tertiary/aromatic N) is 2. The first-order valence-corrected chi connectivity index (χ1v) is 6.83. The van der Waals surface area contributed by atoms with E-state index in [2.05, 4.69) is 20.9 Å². The molecule has 0 atom stereocenters. The molecule has 1 amide bonds. The molecule has 94 valence electrons. The van der Waals surface area contributed by atoms with Crippen LogP contribution in [0.15, 0.2) is 40.3 Å². The van der Waals surface area contributed by atoms with Crippen molar-refractivity contribution in [2.24, 2.45) is 0 Å². The summed E-state index contributed by atoms with van der Waals surface area (Å²) in [5.41, 5.74) is 0.958. The number of carbonyl (C=O) groups is 1. The Bertz CT molecular complexity index is 530. The maximum Gasteiger partial charge on any atom is 0.416 e. The van der Waals surface area contributed by atoms with E-state index in [1.54, 1.807) is 13.2 Å². The third-order valence-electron chi connectivity index (χ3n) is 2.23. The van der Waals surface area contributed by atoms with E-state index in [4.69, 9.17) is 4.74 Å². The highest BCUT2D eigenvalue weighted by Crippen LogP contribution is 2.26. The van der Waals surface area contributed by atoms with Crippen LogP contribution in [0.5, 0.6) is 0 Å². The lowest BCUT2D eigenvalue weighted by Crippen LogP contribution is -2.26. The summed E-state index contributed by atoms with van der Waals surface area (Å²) in [6, 6.07) is 9.56. The summed E-state index contributed by atoms with van der Waals surface area (Å²) in [6.07, 6.45) is 1.24. The number of amides is 1. The lowest BCUT2D eigenvalue weighted by atomic mass is 10.2. The predicted octanol–water partition coefficient (Wildman–Crippen LogP) is 3.68. The second kappa shape index (κ2) is 5.97. The summed E-state index contributed by atoms with van der Waals surface area (Å²) in [5, 5.41) is 0.597. The molecule has 0 radical (unpaired) electrons. The van der Waals surface area contributed by atoms with E-state index >= 15 is 0 Å². The van der Waals surface area contributed by atoms with Crippen LogP contribution in [0.3, 0.4) is 0 Å². The molecule has 0 unspecified atom stereocenters. The summed E-state index contributed by atoms with van der Waals surface area (Å²) in [7, 11) is 1.64. The van der Waals surface area contributed by atoms with Crippen molar-refractivity contribution in [2.75, 3.05) is 11.9 Å². The molecule has 0 saturated carbocycles. The van der Waals surface area contributed by atoms with Crippen LogP contribution >= 0.6 is 27.3 Å². The normalized spacial score (nSPS) is 10.1. The molecule has 0 aliphatic heterocycles. The maximum atomic E-state index is 11.8. The van der Waals surface area contributed by atoms with E-state index in [1.807, 2.05) is 30.3 Å². The van der Waals surface area contributed by atoms with Gasteiger partial charge in [-0.25, -0.2) is 9.78 Å². The third kappa shape index (κ3) is 3.30. The Morgan fingerprint density at radius 3 is 2.78 bits per heavy atom. The summed E-state index contributed by atoms with van der Waals surface area (Å²) in [4.78, 5) is 17.3. The van der Waals surface area contributed by atoms with E-state index in [0.29, 0.717) is 5.13 Å². The van der Waals surface area contributed by atoms with Gasteiger partial charge in [0.15, 0.2) is 5.13 Å². The molecular formula is C12H11BrN2O2S. The number of thiazole rings is 1. The van der Waals surface area contributed by atoms with Crippen molar-refractivity contribution < 1.29 is 9.53 Å². The lowest BCUT2D eigenvalue weighted by Gasteiger charge is -2.13. The van der Waals surface area contributed by atoms with E-state index in [-0.39, 0.29) is 6.61 Å². The molecular weight excluding hydrogens is 316 g/mol. The van der Waals surface area contributed by atoms with E-state index < -0.39 is 6.09 Å². The molecule has 1 aromatic carbocycles. The van der Waals surface area contributed by atoms with E-state index in [0.717, 1.165) is 9.35 Å². The van der Waals surface area contributed by atoms with Crippen LogP contribution < -0.4 is 4.90 Å². The molecule has 0 fully saturated rings. The van der Waals surface area contributed by atoms with Gasteiger partial charge in [0.1, 0.15) is 6.61 Å². The average Bonchev–Trinajstić information content (AvgIpc) is 2.83. The van der Waals surface area contributed by atoms with E-state index in [9.17, 15) is 4.79 Å². The van der Waals surface area contributed by atoms with Gasteiger partial charge in [0, 0.05) is 7.05 Å². The van der Waals surface area contributed by atoms with Crippen molar-refractivity contribution >= 4 is 38.5 Å². The number of carbonyl (C=O) groups excluding carboxylic acids is 1. The van der Waals surface area contributed by atoms with Gasteiger partial charge >= 0.3 is 6.09 Å². The van der Waals surface area contributed by atoms with Crippen LogP contribution in [0, 0.1) is 0 Å².